The van der Waals surface area contributed by atoms with Crippen molar-refractivity contribution in [2.45, 2.75) is 0 Å². The lowest BCUT2D eigenvalue weighted by Gasteiger charge is -2.11. The van der Waals surface area contributed by atoms with Crippen molar-refractivity contribution in [3.8, 4) is 34.5 Å². The third kappa shape index (κ3) is 7.79. The zero-order valence-corrected chi connectivity index (χ0v) is 27.6. The van der Waals surface area contributed by atoms with Crippen molar-refractivity contribution in [2.24, 2.45) is 0 Å². The van der Waals surface area contributed by atoms with Crippen LogP contribution in [0.25, 0.3) is 21.5 Å². The molecule has 0 unspecified atom stereocenters. The van der Waals surface area contributed by atoms with Crippen LogP contribution in [0.3, 0.4) is 0 Å². The number of carbonyl (C=O) groups excluding carboxylic acids is 1. The standard InChI is InChI=1S/C18H13BrN2O5.C16H10BrNO4/c19-17-13-8-11(26-10-4-2-1-3-5-10)6-7-12(13)16(24)15(21-17)18(25)20-9-14(22)23;17-15-12-8-10(22-9-4-2-1-3-5-9)6-7-11(12)14(19)13(18-15)16(20)21/h1-8,24H,9H2,(H,20,25)(H,22,23);1-8,19H,(H,20,21). The molecule has 5 N–H and O–H groups in total. The summed E-state index contributed by atoms with van der Waals surface area (Å²) < 4.78 is 12.1. The van der Waals surface area contributed by atoms with Crippen LogP contribution in [-0.2, 0) is 4.79 Å². The van der Waals surface area contributed by atoms with Crippen molar-refractivity contribution in [3.63, 3.8) is 0 Å². The number of hydrogen-bond donors (Lipinski definition) is 5. The number of carbonyl (C=O) groups is 3. The number of rotatable bonds is 8. The Morgan fingerprint density at radius 1 is 0.604 bits per heavy atom. The minimum Gasteiger partial charge on any atom is -0.505 e. The van der Waals surface area contributed by atoms with Crippen LogP contribution in [0, 0.1) is 0 Å². The zero-order chi connectivity index (χ0) is 34.4. The first-order valence-corrected chi connectivity index (χ1v) is 15.4. The third-order valence-corrected chi connectivity index (χ3v) is 7.79. The second-order valence-electron chi connectivity index (χ2n) is 9.83. The van der Waals surface area contributed by atoms with Gasteiger partial charge in [-0.3, -0.25) is 9.59 Å². The highest BCUT2D eigenvalue weighted by Gasteiger charge is 2.20. The van der Waals surface area contributed by atoms with Gasteiger partial charge >= 0.3 is 11.9 Å². The molecule has 0 bridgehead atoms. The minimum atomic E-state index is -1.29. The molecule has 0 aliphatic heterocycles. The summed E-state index contributed by atoms with van der Waals surface area (Å²) in [6.07, 6.45) is 0. The topological polar surface area (TPSA) is 188 Å². The predicted octanol–water partition coefficient (Wildman–Crippen LogP) is 7.50. The lowest BCUT2D eigenvalue weighted by Crippen LogP contribution is -2.30. The Bertz CT molecular complexity index is 2170. The summed E-state index contributed by atoms with van der Waals surface area (Å²) in [6.45, 7) is -0.570. The molecule has 0 saturated heterocycles. The van der Waals surface area contributed by atoms with Gasteiger partial charge in [0, 0.05) is 21.5 Å². The lowest BCUT2D eigenvalue weighted by molar-refractivity contribution is -0.135. The summed E-state index contributed by atoms with van der Waals surface area (Å²) in [6, 6.07) is 28.3. The number of aromatic hydroxyl groups is 2. The van der Waals surface area contributed by atoms with E-state index in [9.17, 15) is 24.6 Å². The molecule has 0 saturated carbocycles. The van der Waals surface area contributed by atoms with Crippen LogP contribution < -0.4 is 14.8 Å². The fraction of sp³-hybridized carbons (Fsp3) is 0.0294. The van der Waals surface area contributed by atoms with Crippen LogP contribution in [0.2, 0.25) is 0 Å². The first-order chi connectivity index (χ1) is 23.0. The number of para-hydroxylation sites is 2. The average molecular weight is 777 g/mol. The number of halogens is 2. The highest BCUT2D eigenvalue weighted by molar-refractivity contribution is 9.10. The Kier molecular flexibility index (Phi) is 10.4. The molecule has 0 aliphatic carbocycles. The second-order valence-corrected chi connectivity index (χ2v) is 11.3. The number of fused-ring (bicyclic) bond motifs is 2. The maximum Gasteiger partial charge on any atom is 0.358 e. The van der Waals surface area contributed by atoms with Gasteiger partial charge in [-0.1, -0.05) is 36.4 Å². The van der Waals surface area contributed by atoms with Crippen molar-refractivity contribution in [1.82, 2.24) is 15.3 Å². The van der Waals surface area contributed by atoms with E-state index >= 15 is 0 Å². The van der Waals surface area contributed by atoms with Crippen LogP contribution in [0.1, 0.15) is 21.0 Å². The minimum absolute atomic E-state index is 0.262. The first kappa shape index (κ1) is 33.6. The number of carboxylic acid groups (broad SMARTS) is 2. The Morgan fingerprint density at radius 3 is 1.48 bits per heavy atom. The van der Waals surface area contributed by atoms with Crippen LogP contribution >= 0.6 is 31.9 Å². The second kappa shape index (κ2) is 14.8. The van der Waals surface area contributed by atoms with Crippen LogP contribution in [-0.4, -0.2) is 54.8 Å². The van der Waals surface area contributed by atoms with Crippen molar-refractivity contribution in [3.05, 3.63) is 118 Å². The van der Waals surface area contributed by atoms with Crippen molar-refractivity contribution < 1.29 is 44.3 Å². The number of ether oxygens (including phenoxy) is 2. The number of carboxylic acids is 2. The highest BCUT2D eigenvalue weighted by Crippen LogP contribution is 2.37. The number of benzene rings is 4. The molecular formula is C34H23Br2N3O9. The molecule has 1 amide bonds. The molecule has 12 nitrogen and oxygen atoms in total. The normalized spacial score (nSPS) is 10.5. The number of hydrogen-bond acceptors (Lipinski definition) is 9. The van der Waals surface area contributed by atoms with E-state index in [0.29, 0.717) is 53.7 Å². The summed E-state index contributed by atoms with van der Waals surface area (Å²) in [5.74, 6) is -1.53. The lowest BCUT2D eigenvalue weighted by atomic mass is 10.1. The SMILES string of the molecule is O=C(O)CNC(=O)c1nc(Br)c2cc(Oc3ccccc3)ccc2c1O.O=C(O)c1nc(Br)c2cc(Oc3ccccc3)ccc2c1O. The predicted molar refractivity (Wildman–Crippen MR) is 182 cm³/mol. The number of aliphatic carboxylic acids is 1. The number of aromatic carboxylic acids is 1. The van der Waals surface area contributed by atoms with Gasteiger partial charge in [0.25, 0.3) is 5.91 Å². The van der Waals surface area contributed by atoms with Crippen LogP contribution in [0.15, 0.2) is 106 Å². The van der Waals surface area contributed by atoms with E-state index in [1.165, 1.54) is 0 Å². The summed E-state index contributed by atoms with van der Waals surface area (Å²) in [5, 5.41) is 42.1. The van der Waals surface area contributed by atoms with Gasteiger partial charge in [-0.25, -0.2) is 14.8 Å². The van der Waals surface area contributed by atoms with Gasteiger partial charge < -0.3 is 35.2 Å². The number of amides is 1. The van der Waals surface area contributed by atoms with E-state index in [4.69, 9.17) is 19.7 Å². The number of pyridine rings is 2. The fourth-order valence-corrected chi connectivity index (χ4v) is 5.41. The molecule has 0 radical (unpaired) electrons. The van der Waals surface area contributed by atoms with Gasteiger partial charge in [-0.2, -0.15) is 0 Å². The quantitative estimate of drug-likeness (QED) is 0.0963. The van der Waals surface area contributed by atoms with Gasteiger partial charge in [0.1, 0.15) is 38.7 Å². The maximum atomic E-state index is 12.0. The third-order valence-electron chi connectivity index (χ3n) is 6.58. The molecule has 14 heteroatoms. The fourth-order valence-electron chi connectivity index (χ4n) is 4.40. The van der Waals surface area contributed by atoms with Gasteiger partial charge in [0.2, 0.25) is 0 Å². The Balaban J connectivity index is 0.000000190. The number of aromatic nitrogens is 2. The first-order valence-electron chi connectivity index (χ1n) is 13.9. The molecule has 242 valence electrons. The van der Waals surface area contributed by atoms with Crippen molar-refractivity contribution >= 4 is 71.3 Å². The van der Waals surface area contributed by atoms with E-state index in [0.717, 1.165) is 0 Å². The molecular weight excluding hydrogens is 754 g/mol. The van der Waals surface area contributed by atoms with Gasteiger partial charge in [0.15, 0.2) is 22.9 Å². The zero-order valence-electron chi connectivity index (χ0n) is 24.4. The molecule has 6 rings (SSSR count). The average Bonchev–Trinajstić information content (AvgIpc) is 3.08. The molecule has 2 aromatic heterocycles. The Hall–Kier alpha value is -5.73. The van der Waals surface area contributed by atoms with Crippen molar-refractivity contribution in [1.29, 1.82) is 0 Å². The van der Waals surface area contributed by atoms with Crippen molar-refractivity contribution in [2.75, 3.05) is 6.54 Å². The van der Waals surface area contributed by atoms with E-state index in [-0.39, 0.29) is 17.2 Å². The van der Waals surface area contributed by atoms with Crippen LogP contribution in [0.4, 0.5) is 0 Å². The Labute approximate surface area is 288 Å². The van der Waals surface area contributed by atoms with E-state index in [1.807, 2.05) is 60.7 Å². The van der Waals surface area contributed by atoms with E-state index in [2.05, 4.69) is 47.1 Å². The molecule has 0 fully saturated rings. The number of nitrogens with zero attached hydrogens (tertiary/aromatic N) is 2. The van der Waals surface area contributed by atoms with E-state index < -0.39 is 30.1 Å². The monoisotopic (exact) mass is 775 g/mol. The van der Waals surface area contributed by atoms with Crippen LogP contribution in [0.5, 0.6) is 34.5 Å². The Morgan fingerprint density at radius 2 is 1.04 bits per heavy atom. The summed E-state index contributed by atoms with van der Waals surface area (Å²) >= 11 is 6.50. The molecule has 2 heterocycles. The molecule has 0 aliphatic rings. The van der Waals surface area contributed by atoms with E-state index in [1.54, 1.807) is 36.4 Å². The van der Waals surface area contributed by atoms with Gasteiger partial charge in [0.05, 0.1) is 0 Å². The highest BCUT2D eigenvalue weighted by atomic mass is 79.9. The molecule has 0 atom stereocenters. The molecule has 4 aromatic carbocycles. The summed E-state index contributed by atoms with van der Waals surface area (Å²) in [5.41, 5.74) is -0.654. The summed E-state index contributed by atoms with van der Waals surface area (Å²) in [7, 11) is 0. The number of nitrogens with one attached hydrogen (secondary N) is 1. The maximum absolute atomic E-state index is 12.0. The summed E-state index contributed by atoms with van der Waals surface area (Å²) in [4.78, 5) is 41.5. The largest absolute Gasteiger partial charge is 0.505 e. The van der Waals surface area contributed by atoms with Gasteiger partial charge in [-0.15, -0.1) is 0 Å². The van der Waals surface area contributed by atoms with Gasteiger partial charge in [-0.05, 0) is 92.5 Å². The smallest absolute Gasteiger partial charge is 0.358 e. The molecule has 0 spiro atoms. The molecule has 6 aromatic rings. The molecule has 48 heavy (non-hydrogen) atoms.